The van der Waals surface area contributed by atoms with Crippen molar-refractivity contribution in [3.05, 3.63) is 29.3 Å². The maximum absolute atomic E-state index is 11.0. The second-order valence-corrected chi connectivity index (χ2v) is 2.94. The van der Waals surface area contributed by atoms with E-state index >= 15 is 0 Å². The molecule has 0 radical (unpaired) electrons. The fraction of sp³-hybridized carbons (Fsp3) is 0.222. The first-order chi connectivity index (χ1) is 5.63. The zero-order valence-corrected chi connectivity index (χ0v) is 7.80. The lowest BCUT2D eigenvalue weighted by molar-refractivity contribution is -0.116. The van der Waals surface area contributed by atoms with Crippen molar-refractivity contribution in [3.8, 4) is 0 Å². The van der Waals surface area contributed by atoms with E-state index in [0.29, 0.717) is 5.02 Å². The standard InChI is InChI=1S/C9H10ClNO/c1-7(12)11(2)9-6-4-3-5-8(9)10/h3-6H,1-2H3. The normalized spacial score (nSPS) is 9.58. The second-order valence-electron chi connectivity index (χ2n) is 2.53. The summed E-state index contributed by atoms with van der Waals surface area (Å²) in [7, 11) is 1.70. The van der Waals surface area contributed by atoms with E-state index in [9.17, 15) is 4.79 Å². The van der Waals surface area contributed by atoms with E-state index in [1.807, 2.05) is 18.2 Å². The first-order valence-corrected chi connectivity index (χ1v) is 3.99. The molecule has 12 heavy (non-hydrogen) atoms. The van der Waals surface area contributed by atoms with Crippen LogP contribution in [0.1, 0.15) is 6.92 Å². The van der Waals surface area contributed by atoms with Crippen LogP contribution in [-0.2, 0) is 4.79 Å². The molecular formula is C9H10ClNO. The van der Waals surface area contributed by atoms with Crippen LogP contribution in [0.15, 0.2) is 24.3 Å². The third-order valence-corrected chi connectivity index (χ3v) is 2.01. The predicted octanol–water partition coefficient (Wildman–Crippen LogP) is 2.32. The third-order valence-electron chi connectivity index (χ3n) is 1.69. The van der Waals surface area contributed by atoms with Gasteiger partial charge in [-0.25, -0.2) is 0 Å². The number of anilines is 1. The van der Waals surface area contributed by atoms with Gasteiger partial charge in [0.05, 0.1) is 10.7 Å². The first kappa shape index (κ1) is 9.07. The van der Waals surface area contributed by atoms with Crippen molar-refractivity contribution in [2.75, 3.05) is 11.9 Å². The van der Waals surface area contributed by atoms with Crippen LogP contribution in [0, 0.1) is 0 Å². The van der Waals surface area contributed by atoms with Gasteiger partial charge < -0.3 is 4.90 Å². The van der Waals surface area contributed by atoms with Gasteiger partial charge in [0.15, 0.2) is 0 Å². The van der Waals surface area contributed by atoms with E-state index in [-0.39, 0.29) is 5.91 Å². The van der Waals surface area contributed by atoms with Gasteiger partial charge in [-0.1, -0.05) is 23.7 Å². The van der Waals surface area contributed by atoms with E-state index in [0.717, 1.165) is 5.69 Å². The molecule has 0 aromatic heterocycles. The van der Waals surface area contributed by atoms with Gasteiger partial charge in [0.2, 0.25) is 5.91 Å². The maximum atomic E-state index is 11.0. The van der Waals surface area contributed by atoms with Crippen LogP contribution in [0.5, 0.6) is 0 Å². The molecule has 0 N–H and O–H groups in total. The zero-order chi connectivity index (χ0) is 9.14. The first-order valence-electron chi connectivity index (χ1n) is 3.61. The summed E-state index contributed by atoms with van der Waals surface area (Å²) in [5, 5.41) is 0.593. The highest BCUT2D eigenvalue weighted by Crippen LogP contribution is 2.23. The lowest BCUT2D eigenvalue weighted by atomic mass is 10.3. The molecule has 0 spiro atoms. The Hall–Kier alpha value is -1.02. The van der Waals surface area contributed by atoms with Crippen molar-refractivity contribution in [2.24, 2.45) is 0 Å². The molecule has 0 heterocycles. The molecule has 1 rings (SSSR count). The van der Waals surface area contributed by atoms with E-state index in [1.165, 1.54) is 11.8 Å². The van der Waals surface area contributed by atoms with Crippen molar-refractivity contribution >= 4 is 23.2 Å². The average Bonchev–Trinajstić information content (AvgIpc) is 2.04. The summed E-state index contributed by atoms with van der Waals surface area (Å²) in [5.41, 5.74) is 0.742. The molecule has 1 amide bonds. The molecule has 0 saturated heterocycles. The van der Waals surface area contributed by atoms with Gasteiger partial charge in [0, 0.05) is 14.0 Å². The van der Waals surface area contributed by atoms with E-state index < -0.39 is 0 Å². The number of hydrogen-bond acceptors (Lipinski definition) is 1. The predicted molar refractivity (Wildman–Crippen MR) is 50.5 cm³/mol. The zero-order valence-electron chi connectivity index (χ0n) is 7.04. The van der Waals surface area contributed by atoms with Gasteiger partial charge >= 0.3 is 0 Å². The second kappa shape index (κ2) is 3.59. The van der Waals surface area contributed by atoms with Gasteiger partial charge in [0.1, 0.15) is 0 Å². The Bertz CT molecular complexity index is 298. The number of para-hydroxylation sites is 1. The number of rotatable bonds is 1. The molecule has 0 aliphatic heterocycles. The Kier molecular flexibility index (Phi) is 2.71. The van der Waals surface area contributed by atoms with Crippen molar-refractivity contribution in [1.82, 2.24) is 0 Å². The number of benzene rings is 1. The Morgan fingerprint density at radius 3 is 2.50 bits per heavy atom. The van der Waals surface area contributed by atoms with E-state index in [2.05, 4.69) is 0 Å². The maximum Gasteiger partial charge on any atom is 0.223 e. The highest BCUT2D eigenvalue weighted by Gasteiger charge is 2.07. The molecule has 0 fully saturated rings. The van der Waals surface area contributed by atoms with Crippen LogP contribution >= 0.6 is 11.6 Å². The Morgan fingerprint density at radius 2 is 2.00 bits per heavy atom. The van der Waals surface area contributed by atoms with Gasteiger partial charge in [-0.05, 0) is 12.1 Å². The molecule has 0 bridgehead atoms. The van der Waals surface area contributed by atoms with Crippen LogP contribution in [-0.4, -0.2) is 13.0 Å². The number of halogens is 1. The number of carbonyl (C=O) groups is 1. The van der Waals surface area contributed by atoms with Crippen molar-refractivity contribution in [1.29, 1.82) is 0 Å². The third kappa shape index (κ3) is 1.77. The summed E-state index contributed by atoms with van der Waals surface area (Å²) in [5.74, 6) is -0.0249. The van der Waals surface area contributed by atoms with Gasteiger partial charge in [0.25, 0.3) is 0 Å². The molecule has 1 aromatic rings. The average molecular weight is 184 g/mol. The SMILES string of the molecule is CC(=O)N(C)c1ccccc1Cl. The minimum absolute atomic E-state index is 0.0249. The number of nitrogens with zero attached hydrogens (tertiary/aromatic N) is 1. The van der Waals surface area contributed by atoms with Gasteiger partial charge in [-0.2, -0.15) is 0 Å². The highest BCUT2D eigenvalue weighted by molar-refractivity contribution is 6.33. The number of hydrogen-bond donors (Lipinski definition) is 0. The summed E-state index contributed by atoms with van der Waals surface area (Å²) >= 11 is 5.87. The lowest BCUT2D eigenvalue weighted by Gasteiger charge is -2.15. The van der Waals surface area contributed by atoms with Crippen LogP contribution in [0.2, 0.25) is 5.02 Å². The molecule has 1 aromatic carbocycles. The molecule has 0 atom stereocenters. The molecule has 64 valence electrons. The van der Waals surface area contributed by atoms with Crippen LogP contribution in [0.3, 0.4) is 0 Å². The Labute approximate surface area is 76.8 Å². The molecule has 0 unspecified atom stereocenters. The topological polar surface area (TPSA) is 20.3 Å². The summed E-state index contributed by atoms with van der Waals surface area (Å²) in [6, 6.07) is 7.25. The smallest absolute Gasteiger partial charge is 0.223 e. The van der Waals surface area contributed by atoms with Gasteiger partial charge in [-0.3, -0.25) is 4.79 Å². The minimum Gasteiger partial charge on any atom is -0.314 e. The Balaban J connectivity index is 3.02. The van der Waals surface area contributed by atoms with Crippen molar-refractivity contribution < 1.29 is 4.79 Å². The number of carbonyl (C=O) groups excluding carboxylic acids is 1. The summed E-state index contributed by atoms with van der Waals surface area (Å²) in [6.07, 6.45) is 0. The van der Waals surface area contributed by atoms with Crippen LogP contribution in [0.25, 0.3) is 0 Å². The summed E-state index contributed by atoms with van der Waals surface area (Å²) < 4.78 is 0. The largest absolute Gasteiger partial charge is 0.314 e. The molecule has 0 saturated carbocycles. The molecular weight excluding hydrogens is 174 g/mol. The fourth-order valence-corrected chi connectivity index (χ4v) is 1.16. The van der Waals surface area contributed by atoms with Crippen LogP contribution < -0.4 is 4.90 Å². The number of amides is 1. The van der Waals surface area contributed by atoms with Crippen molar-refractivity contribution in [2.45, 2.75) is 6.92 Å². The monoisotopic (exact) mass is 183 g/mol. The van der Waals surface area contributed by atoms with Crippen molar-refractivity contribution in [3.63, 3.8) is 0 Å². The lowest BCUT2D eigenvalue weighted by Crippen LogP contribution is -2.22. The summed E-state index contributed by atoms with van der Waals surface area (Å²) in [4.78, 5) is 12.5. The molecule has 0 aliphatic carbocycles. The minimum atomic E-state index is -0.0249. The quantitative estimate of drug-likeness (QED) is 0.655. The summed E-state index contributed by atoms with van der Waals surface area (Å²) in [6.45, 7) is 1.50. The van der Waals surface area contributed by atoms with Crippen LogP contribution in [0.4, 0.5) is 5.69 Å². The highest BCUT2D eigenvalue weighted by atomic mass is 35.5. The Morgan fingerprint density at radius 1 is 1.42 bits per heavy atom. The van der Waals surface area contributed by atoms with E-state index in [1.54, 1.807) is 13.1 Å². The molecule has 3 heteroatoms. The fourth-order valence-electron chi connectivity index (χ4n) is 0.893. The molecule has 0 aliphatic rings. The van der Waals surface area contributed by atoms with E-state index in [4.69, 9.17) is 11.6 Å². The molecule has 2 nitrogen and oxygen atoms in total. The van der Waals surface area contributed by atoms with Gasteiger partial charge in [-0.15, -0.1) is 0 Å².